The van der Waals surface area contributed by atoms with Crippen LogP contribution in [0.3, 0.4) is 0 Å². The molecule has 0 radical (unpaired) electrons. The number of carbonyl (C=O) groups is 1. The molecular formula is C21H19N5O2S. The molecule has 0 saturated heterocycles. The fraction of sp³-hybridized carbons (Fsp3) is 0.190. The van der Waals surface area contributed by atoms with E-state index < -0.39 is 0 Å². The number of nitriles is 1. The van der Waals surface area contributed by atoms with Gasteiger partial charge in [0.05, 0.1) is 5.69 Å². The molecule has 1 aliphatic rings. The Morgan fingerprint density at radius 1 is 1.31 bits per heavy atom. The van der Waals surface area contributed by atoms with Crippen LogP contribution in [0.5, 0.6) is 0 Å². The molecule has 1 aromatic heterocycles. The maximum atomic E-state index is 12.5. The lowest BCUT2D eigenvalue weighted by Gasteiger charge is -2.14. The second-order valence-electron chi connectivity index (χ2n) is 6.73. The van der Waals surface area contributed by atoms with E-state index in [9.17, 15) is 10.1 Å². The monoisotopic (exact) mass is 405 g/mol. The summed E-state index contributed by atoms with van der Waals surface area (Å²) in [6, 6.07) is 17.4. The summed E-state index contributed by atoms with van der Waals surface area (Å²) in [5.74, 6) is 0.104. The van der Waals surface area contributed by atoms with Crippen molar-refractivity contribution in [3.8, 4) is 11.8 Å². The molecule has 1 amide bonds. The summed E-state index contributed by atoms with van der Waals surface area (Å²) >= 11 is 1.48. The van der Waals surface area contributed by atoms with Crippen LogP contribution in [0.15, 0.2) is 53.4 Å². The fourth-order valence-corrected chi connectivity index (χ4v) is 4.05. The predicted molar refractivity (Wildman–Crippen MR) is 111 cm³/mol. The smallest absolute Gasteiger partial charge is 0.251 e. The first-order valence-corrected chi connectivity index (χ1v) is 9.87. The topological polar surface area (TPSA) is 92.0 Å². The van der Waals surface area contributed by atoms with Gasteiger partial charge in [-0.1, -0.05) is 35.9 Å². The van der Waals surface area contributed by atoms with Crippen molar-refractivity contribution in [2.24, 2.45) is 0 Å². The van der Waals surface area contributed by atoms with Gasteiger partial charge in [0.1, 0.15) is 24.7 Å². The standard InChI is InChI=1S/C21H19N5O2S/c1-13-7-8-17(14(2)9-13)26-19(10-15(11-22)24-26)23-20(27)12-28-21-16-5-3-4-6-18(16)29-25-21/h3-10,21,25H,12H2,1-2H3,(H,23,27). The van der Waals surface area contributed by atoms with Gasteiger partial charge in [0.15, 0.2) is 5.69 Å². The summed E-state index contributed by atoms with van der Waals surface area (Å²) in [6.45, 7) is 3.84. The fourth-order valence-electron chi connectivity index (χ4n) is 3.18. The molecule has 2 aromatic carbocycles. The Hall–Kier alpha value is -3.12. The molecule has 2 N–H and O–H groups in total. The number of carbonyl (C=O) groups excluding carboxylic acids is 1. The van der Waals surface area contributed by atoms with Gasteiger partial charge in [-0.2, -0.15) is 10.4 Å². The Kier molecular flexibility index (Phi) is 5.36. The Labute approximate surface area is 172 Å². The summed E-state index contributed by atoms with van der Waals surface area (Å²) < 4.78 is 10.5. The zero-order chi connectivity index (χ0) is 20.4. The van der Waals surface area contributed by atoms with Crippen LogP contribution in [-0.2, 0) is 9.53 Å². The van der Waals surface area contributed by atoms with Crippen molar-refractivity contribution in [2.45, 2.75) is 25.0 Å². The van der Waals surface area contributed by atoms with Gasteiger partial charge < -0.3 is 10.1 Å². The Morgan fingerprint density at radius 2 is 2.14 bits per heavy atom. The maximum absolute atomic E-state index is 12.5. The molecule has 29 heavy (non-hydrogen) atoms. The number of nitrogens with zero attached hydrogens (tertiary/aromatic N) is 3. The van der Waals surface area contributed by atoms with E-state index >= 15 is 0 Å². The van der Waals surface area contributed by atoms with Crippen LogP contribution in [0.25, 0.3) is 5.69 Å². The van der Waals surface area contributed by atoms with E-state index in [-0.39, 0.29) is 24.4 Å². The minimum atomic E-state index is -0.346. The molecule has 0 saturated carbocycles. The minimum absolute atomic E-state index is 0.132. The molecule has 3 aromatic rings. The van der Waals surface area contributed by atoms with Gasteiger partial charge in [-0.15, -0.1) is 0 Å². The number of rotatable bonds is 5. The number of aryl methyl sites for hydroxylation is 2. The Balaban J connectivity index is 1.49. The van der Waals surface area contributed by atoms with Crippen molar-refractivity contribution in [3.63, 3.8) is 0 Å². The molecule has 2 heterocycles. The van der Waals surface area contributed by atoms with Crippen LogP contribution >= 0.6 is 11.9 Å². The van der Waals surface area contributed by atoms with Crippen molar-refractivity contribution in [1.29, 1.82) is 5.26 Å². The van der Waals surface area contributed by atoms with Crippen LogP contribution in [-0.4, -0.2) is 22.3 Å². The minimum Gasteiger partial charge on any atom is -0.348 e. The van der Waals surface area contributed by atoms with E-state index in [2.05, 4.69) is 15.1 Å². The van der Waals surface area contributed by atoms with E-state index in [1.54, 1.807) is 10.7 Å². The highest BCUT2D eigenvalue weighted by Crippen LogP contribution is 2.35. The summed E-state index contributed by atoms with van der Waals surface area (Å²) in [5, 5.41) is 16.3. The van der Waals surface area contributed by atoms with Gasteiger partial charge in [-0.3, -0.25) is 4.79 Å². The molecule has 0 aliphatic carbocycles. The molecule has 0 spiro atoms. The van der Waals surface area contributed by atoms with E-state index in [1.165, 1.54) is 11.9 Å². The molecule has 0 fully saturated rings. The van der Waals surface area contributed by atoms with Gasteiger partial charge in [0.25, 0.3) is 5.91 Å². The van der Waals surface area contributed by atoms with Crippen molar-refractivity contribution in [3.05, 3.63) is 70.9 Å². The summed E-state index contributed by atoms with van der Waals surface area (Å²) in [6.07, 6.45) is -0.346. The molecule has 0 bridgehead atoms. The lowest BCUT2D eigenvalue weighted by atomic mass is 10.1. The quantitative estimate of drug-likeness (QED) is 0.630. The zero-order valence-electron chi connectivity index (χ0n) is 16.0. The number of anilines is 1. The Bertz CT molecular complexity index is 1120. The zero-order valence-corrected chi connectivity index (χ0v) is 16.8. The molecule has 146 valence electrons. The number of aromatic nitrogens is 2. The first-order valence-electron chi connectivity index (χ1n) is 9.05. The molecular weight excluding hydrogens is 386 g/mol. The number of hydrogen-bond donors (Lipinski definition) is 2. The van der Waals surface area contributed by atoms with E-state index in [0.717, 1.165) is 27.3 Å². The van der Waals surface area contributed by atoms with Gasteiger partial charge in [-0.05, 0) is 43.5 Å². The summed E-state index contributed by atoms with van der Waals surface area (Å²) in [7, 11) is 0. The molecule has 8 heteroatoms. The van der Waals surface area contributed by atoms with Crippen LogP contribution in [0.2, 0.25) is 0 Å². The highest BCUT2D eigenvalue weighted by Gasteiger charge is 2.24. The molecule has 1 atom stereocenters. The number of benzene rings is 2. The second kappa shape index (κ2) is 8.09. The number of nitrogens with one attached hydrogen (secondary N) is 2. The van der Waals surface area contributed by atoms with E-state index in [1.807, 2.05) is 62.4 Å². The first kappa shape index (κ1) is 19.2. The van der Waals surface area contributed by atoms with Crippen LogP contribution in [0.4, 0.5) is 5.82 Å². The number of fused-ring (bicyclic) bond motifs is 1. The van der Waals surface area contributed by atoms with Crippen molar-refractivity contribution >= 4 is 23.7 Å². The van der Waals surface area contributed by atoms with Crippen molar-refractivity contribution in [2.75, 3.05) is 11.9 Å². The third kappa shape index (κ3) is 4.03. The van der Waals surface area contributed by atoms with Gasteiger partial charge >= 0.3 is 0 Å². The maximum Gasteiger partial charge on any atom is 0.251 e. The first-order chi connectivity index (χ1) is 14.0. The molecule has 7 nitrogen and oxygen atoms in total. The normalized spacial score (nSPS) is 15.0. The number of ether oxygens (including phenoxy) is 1. The van der Waals surface area contributed by atoms with E-state index in [0.29, 0.717) is 5.82 Å². The van der Waals surface area contributed by atoms with Gasteiger partial charge in [-0.25, -0.2) is 9.40 Å². The van der Waals surface area contributed by atoms with Crippen LogP contribution < -0.4 is 10.0 Å². The lowest BCUT2D eigenvalue weighted by Crippen LogP contribution is -2.24. The van der Waals surface area contributed by atoms with Gasteiger partial charge in [0, 0.05) is 16.5 Å². The number of hydrogen-bond acceptors (Lipinski definition) is 6. The SMILES string of the molecule is Cc1ccc(-n2nc(C#N)cc2NC(=O)COC2NSc3ccccc32)c(C)c1. The van der Waals surface area contributed by atoms with Crippen molar-refractivity contribution < 1.29 is 9.53 Å². The second-order valence-corrected chi connectivity index (χ2v) is 7.60. The van der Waals surface area contributed by atoms with Crippen LogP contribution in [0, 0.1) is 25.2 Å². The highest BCUT2D eigenvalue weighted by atomic mass is 32.2. The third-order valence-electron chi connectivity index (χ3n) is 4.53. The number of amides is 1. The van der Waals surface area contributed by atoms with E-state index in [4.69, 9.17) is 4.74 Å². The summed E-state index contributed by atoms with van der Waals surface area (Å²) in [4.78, 5) is 13.6. The Morgan fingerprint density at radius 3 is 2.93 bits per heavy atom. The average Bonchev–Trinajstić information content (AvgIpc) is 3.30. The summed E-state index contributed by atoms with van der Waals surface area (Å²) in [5.41, 5.74) is 4.16. The van der Waals surface area contributed by atoms with Gasteiger partial charge in [0.2, 0.25) is 0 Å². The lowest BCUT2D eigenvalue weighted by molar-refractivity contribution is -0.122. The molecule has 4 rings (SSSR count). The van der Waals surface area contributed by atoms with Crippen LogP contribution in [0.1, 0.15) is 28.6 Å². The largest absolute Gasteiger partial charge is 0.348 e. The van der Waals surface area contributed by atoms with Crippen molar-refractivity contribution in [1.82, 2.24) is 14.5 Å². The third-order valence-corrected chi connectivity index (χ3v) is 5.45. The molecule has 1 aliphatic heterocycles. The highest BCUT2D eigenvalue weighted by molar-refractivity contribution is 7.97. The average molecular weight is 405 g/mol. The predicted octanol–water partition coefficient (Wildman–Crippen LogP) is 3.63. The molecule has 1 unspecified atom stereocenters.